The van der Waals surface area contributed by atoms with Crippen LogP contribution in [0.25, 0.3) is 0 Å². The van der Waals surface area contributed by atoms with E-state index in [1.54, 1.807) is 6.20 Å². The maximum atomic E-state index is 9.08. The number of nitriles is 1. The molecule has 0 unspecified atom stereocenters. The molecular weight excluding hydrogens is 276 g/mol. The van der Waals surface area contributed by atoms with Crippen molar-refractivity contribution in [1.82, 2.24) is 9.97 Å². The van der Waals surface area contributed by atoms with Gasteiger partial charge in [-0.25, -0.2) is 9.97 Å². The maximum absolute atomic E-state index is 9.08. The third kappa shape index (κ3) is 2.17. The van der Waals surface area contributed by atoms with E-state index >= 15 is 0 Å². The van der Waals surface area contributed by atoms with Gasteiger partial charge in [-0.1, -0.05) is 0 Å². The van der Waals surface area contributed by atoms with Crippen molar-refractivity contribution in [3.8, 4) is 11.8 Å². The Morgan fingerprint density at radius 3 is 2.95 bits per heavy atom. The standard InChI is InChI=1S/C17H16N4O/c18-9-14-15(10-19-11-20-14)21-13-2-3-16-12(8-13)4-7-17(22-16)5-1-6-17/h2-3,8,10-11,21H,1,4-7H2. The normalized spacial score (nSPS) is 17.8. The van der Waals surface area contributed by atoms with E-state index in [1.807, 2.05) is 12.1 Å². The lowest BCUT2D eigenvalue weighted by Gasteiger charge is -2.45. The summed E-state index contributed by atoms with van der Waals surface area (Å²) in [4.78, 5) is 7.92. The quantitative estimate of drug-likeness (QED) is 0.919. The lowest BCUT2D eigenvalue weighted by molar-refractivity contribution is -0.0249. The average molecular weight is 292 g/mol. The molecule has 0 radical (unpaired) electrons. The van der Waals surface area contributed by atoms with Crippen molar-refractivity contribution < 1.29 is 4.74 Å². The number of fused-ring (bicyclic) bond motifs is 1. The molecule has 1 fully saturated rings. The van der Waals surface area contributed by atoms with Gasteiger partial charge in [0, 0.05) is 5.69 Å². The maximum Gasteiger partial charge on any atom is 0.167 e. The number of benzene rings is 1. The number of aromatic nitrogens is 2. The van der Waals surface area contributed by atoms with Crippen molar-refractivity contribution in [2.45, 2.75) is 37.7 Å². The second-order valence-electron chi connectivity index (χ2n) is 5.98. The largest absolute Gasteiger partial charge is 0.487 e. The first-order valence-electron chi connectivity index (χ1n) is 7.57. The van der Waals surface area contributed by atoms with Gasteiger partial charge in [0.25, 0.3) is 0 Å². The molecule has 5 heteroatoms. The number of nitrogens with one attached hydrogen (secondary N) is 1. The molecule has 1 aromatic heterocycles. The van der Waals surface area contributed by atoms with Gasteiger partial charge in [-0.2, -0.15) is 5.26 Å². The first-order chi connectivity index (χ1) is 10.8. The summed E-state index contributed by atoms with van der Waals surface area (Å²) < 4.78 is 6.20. The molecule has 1 aromatic carbocycles. The van der Waals surface area contributed by atoms with Gasteiger partial charge in [0.2, 0.25) is 0 Å². The summed E-state index contributed by atoms with van der Waals surface area (Å²) in [5, 5.41) is 12.3. The summed E-state index contributed by atoms with van der Waals surface area (Å²) >= 11 is 0. The topological polar surface area (TPSA) is 70.8 Å². The third-order valence-corrected chi connectivity index (χ3v) is 4.60. The highest BCUT2D eigenvalue weighted by Crippen LogP contribution is 2.45. The first kappa shape index (κ1) is 13.1. The molecule has 1 N–H and O–H groups in total. The van der Waals surface area contributed by atoms with Gasteiger partial charge in [0.1, 0.15) is 23.7 Å². The van der Waals surface area contributed by atoms with Gasteiger partial charge in [-0.15, -0.1) is 0 Å². The Bertz CT molecular complexity index is 761. The number of hydrogen-bond donors (Lipinski definition) is 1. The minimum Gasteiger partial charge on any atom is -0.487 e. The average Bonchev–Trinajstić information content (AvgIpc) is 2.53. The SMILES string of the molecule is N#Cc1ncncc1Nc1ccc2c(c1)CCC1(CCC1)O2. The van der Waals surface area contributed by atoms with Crippen LogP contribution in [0.1, 0.15) is 36.9 Å². The van der Waals surface area contributed by atoms with Crippen molar-refractivity contribution >= 4 is 11.4 Å². The van der Waals surface area contributed by atoms with E-state index in [-0.39, 0.29) is 5.60 Å². The van der Waals surface area contributed by atoms with Crippen LogP contribution in [0.5, 0.6) is 5.75 Å². The Morgan fingerprint density at radius 1 is 1.27 bits per heavy atom. The number of aryl methyl sites for hydroxylation is 1. The van der Waals surface area contributed by atoms with E-state index in [2.05, 4.69) is 27.4 Å². The second kappa shape index (κ2) is 4.99. The number of anilines is 2. The van der Waals surface area contributed by atoms with E-state index in [0.717, 1.165) is 24.3 Å². The monoisotopic (exact) mass is 292 g/mol. The number of ether oxygens (including phenoxy) is 1. The van der Waals surface area contributed by atoms with Crippen LogP contribution in [0.15, 0.2) is 30.7 Å². The van der Waals surface area contributed by atoms with Crippen molar-refractivity contribution in [1.29, 1.82) is 5.26 Å². The molecule has 1 aliphatic heterocycles. The number of nitrogens with zero attached hydrogens (tertiary/aromatic N) is 3. The summed E-state index contributed by atoms with van der Waals surface area (Å²) in [6, 6.07) is 8.16. The molecular formula is C17H16N4O. The zero-order chi connectivity index (χ0) is 15.0. The van der Waals surface area contributed by atoms with Crippen LogP contribution in [-0.4, -0.2) is 15.6 Å². The summed E-state index contributed by atoms with van der Waals surface area (Å²) in [5.74, 6) is 1.00. The fourth-order valence-electron chi connectivity index (χ4n) is 3.19. The second-order valence-corrected chi connectivity index (χ2v) is 5.98. The summed E-state index contributed by atoms with van der Waals surface area (Å²) in [5.41, 5.74) is 3.23. The highest BCUT2D eigenvalue weighted by molar-refractivity contribution is 5.65. The van der Waals surface area contributed by atoms with E-state index in [1.165, 1.54) is 31.2 Å². The van der Waals surface area contributed by atoms with Crippen LogP contribution in [-0.2, 0) is 6.42 Å². The zero-order valence-corrected chi connectivity index (χ0v) is 12.2. The smallest absolute Gasteiger partial charge is 0.167 e. The highest BCUT2D eigenvalue weighted by Gasteiger charge is 2.41. The van der Waals surface area contributed by atoms with Crippen LogP contribution in [0, 0.1) is 11.3 Å². The van der Waals surface area contributed by atoms with Gasteiger partial charge in [0.05, 0.1) is 11.9 Å². The molecule has 22 heavy (non-hydrogen) atoms. The minimum atomic E-state index is 0.114. The molecule has 0 bridgehead atoms. The van der Waals surface area contributed by atoms with Crippen molar-refractivity contribution in [3.05, 3.63) is 42.0 Å². The van der Waals surface area contributed by atoms with E-state index in [0.29, 0.717) is 11.4 Å². The molecule has 1 spiro atoms. The molecule has 110 valence electrons. The Labute approximate surface area is 129 Å². The fraction of sp³-hybridized carbons (Fsp3) is 0.353. The van der Waals surface area contributed by atoms with Crippen molar-refractivity contribution in [2.24, 2.45) is 0 Å². The van der Waals surface area contributed by atoms with E-state index < -0.39 is 0 Å². The fourth-order valence-corrected chi connectivity index (χ4v) is 3.19. The molecule has 1 saturated carbocycles. The van der Waals surface area contributed by atoms with Crippen LogP contribution < -0.4 is 10.1 Å². The Balaban J connectivity index is 1.59. The van der Waals surface area contributed by atoms with Crippen molar-refractivity contribution in [3.63, 3.8) is 0 Å². The number of rotatable bonds is 2. The van der Waals surface area contributed by atoms with Gasteiger partial charge >= 0.3 is 0 Å². The lowest BCUT2D eigenvalue weighted by Crippen LogP contribution is -2.45. The molecule has 2 aromatic rings. The van der Waals surface area contributed by atoms with Gasteiger partial charge in [0.15, 0.2) is 5.69 Å². The van der Waals surface area contributed by atoms with E-state index in [9.17, 15) is 0 Å². The third-order valence-electron chi connectivity index (χ3n) is 4.60. The van der Waals surface area contributed by atoms with E-state index in [4.69, 9.17) is 10.00 Å². The predicted molar refractivity (Wildman–Crippen MR) is 82.0 cm³/mol. The van der Waals surface area contributed by atoms with Crippen LogP contribution in [0.2, 0.25) is 0 Å². The van der Waals surface area contributed by atoms with Crippen LogP contribution in [0.4, 0.5) is 11.4 Å². The summed E-state index contributed by atoms with van der Waals surface area (Å²) in [7, 11) is 0. The molecule has 4 rings (SSSR count). The summed E-state index contributed by atoms with van der Waals surface area (Å²) in [6.45, 7) is 0. The molecule has 0 saturated heterocycles. The lowest BCUT2D eigenvalue weighted by atomic mass is 9.74. The van der Waals surface area contributed by atoms with Gasteiger partial charge < -0.3 is 10.1 Å². The summed E-state index contributed by atoms with van der Waals surface area (Å²) in [6.07, 6.45) is 8.77. The Hall–Kier alpha value is -2.61. The zero-order valence-electron chi connectivity index (χ0n) is 12.2. The molecule has 0 amide bonds. The molecule has 5 nitrogen and oxygen atoms in total. The molecule has 1 aliphatic carbocycles. The van der Waals surface area contributed by atoms with Crippen molar-refractivity contribution in [2.75, 3.05) is 5.32 Å². The Morgan fingerprint density at radius 2 is 2.18 bits per heavy atom. The molecule has 2 aliphatic rings. The molecule has 2 heterocycles. The van der Waals surface area contributed by atoms with Crippen LogP contribution >= 0.6 is 0 Å². The predicted octanol–water partition coefficient (Wildman–Crippen LogP) is 3.34. The Kier molecular flexibility index (Phi) is 2.97. The minimum absolute atomic E-state index is 0.114. The molecule has 0 atom stereocenters. The van der Waals surface area contributed by atoms with Gasteiger partial charge in [-0.05, 0) is 55.9 Å². The first-order valence-corrected chi connectivity index (χ1v) is 7.57. The highest BCUT2D eigenvalue weighted by atomic mass is 16.5. The van der Waals surface area contributed by atoms with Crippen LogP contribution in [0.3, 0.4) is 0 Å². The number of hydrogen-bond acceptors (Lipinski definition) is 5. The van der Waals surface area contributed by atoms with Gasteiger partial charge in [-0.3, -0.25) is 0 Å².